The van der Waals surface area contributed by atoms with Crippen LogP contribution in [0.15, 0.2) is 18.2 Å². The minimum absolute atomic E-state index is 0.580. The van der Waals surface area contributed by atoms with E-state index in [2.05, 4.69) is 6.92 Å². The predicted octanol–water partition coefficient (Wildman–Crippen LogP) is 2.32. The molecular formula is C13H18O3. The molecule has 1 fully saturated rings. The topological polar surface area (TPSA) is 38.7 Å². The van der Waals surface area contributed by atoms with E-state index >= 15 is 0 Å². The second-order valence-corrected chi connectivity index (χ2v) is 4.61. The van der Waals surface area contributed by atoms with Crippen molar-refractivity contribution >= 4 is 0 Å². The Morgan fingerprint density at radius 1 is 1.25 bits per heavy atom. The van der Waals surface area contributed by atoms with Gasteiger partial charge in [-0.25, -0.2) is 0 Å². The summed E-state index contributed by atoms with van der Waals surface area (Å²) in [6.07, 6.45) is 1.60. The van der Waals surface area contributed by atoms with Crippen LogP contribution < -0.4 is 9.47 Å². The molecule has 1 aliphatic rings. The van der Waals surface area contributed by atoms with Gasteiger partial charge in [-0.3, -0.25) is 0 Å². The van der Waals surface area contributed by atoms with Crippen molar-refractivity contribution in [1.82, 2.24) is 0 Å². The highest BCUT2D eigenvalue weighted by atomic mass is 16.5. The molecule has 0 spiro atoms. The van der Waals surface area contributed by atoms with Gasteiger partial charge in [-0.1, -0.05) is 6.92 Å². The van der Waals surface area contributed by atoms with Crippen LogP contribution in [0.4, 0.5) is 0 Å². The molecule has 0 aliphatic heterocycles. The third kappa shape index (κ3) is 1.76. The van der Waals surface area contributed by atoms with Crippen LogP contribution in [0, 0.1) is 5.92 Å². The van der Waals surface area contributed by atoms with Gasteiger partial charge >= 0.3 is 0 Å². The molecule has 0 unspecified atom stereocenters. The number of hydrogen-bond donors (Lipinski definition) is 1. The fraction of sp³-hybridized carbons (Fsp3) is 0.538. The van der Waals surface area contributed by atoms with Crippen molar-refractivity contribution in [3.8, 4) is 11.5 Å². The molecule has 1 aromatic carbocycles. The third-order valence-corrected chi connectivity index (χ3v) is 3.28. The van der Waals surface area contributed by atoms with Gasteiger partial charge in [0.05, 0.1) is 19.8 Å². The summed E-state index contributed by atoms with van der Waals surface area (Å²) in [4.78, 5) is 0. The number of benzene rings is 1. The molecule has 1 aliphatic carbocycles. The summed E-state index contributed by atoms with van der Waals surface area (Å²) < 4.78 is 10.4. The Bertz CT molecular complexity index is 381. The first-order valence-electron chi connectivity index (χ1n) is 5.54. The van der Waals surface area contributed by atoms with E-state index in [-0.39, 0.29) is 0 Å². The van der Waals surface area contributed by atoms with Gasteiger partial charge in [-0.05, 0) is 30.9 Å². The summed E-state index contributed by atoms with van der Waals surface area (Å²) >= 11 is 0. The smallest absolute Gasteiger partial charge is 0.128 e. The van der Waals surface area contributed by atoms with Gasteiger partial charge in [0.15, 0.2) is 0 Å². The predicted molar refractivity (Wildman–Crippen MR) is 61.8 cm³/mol. The minimum atomic E-state index is -0.711. The number of methoxy groups -OCH3 is 2. The van der Waals surface area contributed by atoms with E-state index in [1.54, 1.807) is 14.2 Å². The molecule has 0 radical (unpaired) electrons. The fourth-order valence-electron chi connectivity index (χ4n) is 2.50. The maximum absolute atomic E-state index is 10.4. The molecule has 0 aromatic heterocycles. The van der Waals surface area contributed by atoms with E-state index in [4.69, 9.17) is 9.47 Å². The van der Waals surface area contributed by atoms with Gasteiger partial charge in [0, 0.05) is 11.6 Å². The minimum Gasteiger partial charge on any atom is -0.497 e. The van der Waals surface area contributed by atoms with Crippen LogP contribution in [-0.4, -0.2) is 19.3 Å². The SMILES string of the molecule is COc1ccc(C2(O)CC(C)C2)c(OC)c1. The molecule has 0 heterocycles. The van der Waals surface area contributed by atoms with Crippen molar-refractivity contribution < 1.29 is 14.6 Å². The van der Waals surface area contributed by atoms with Gasteiger partial charge in [-0.15, -0.1) is 0 Å². The summed E-state index contributed by atoms with van der Waals surface area (Å²) in [5.41, 5.74) is 0.158. The molecule has 1 N–H and O–H groups in total. The van der Waals surface area contributed by atoms with Crippen molar-refractivity contribution in [1.29, 1.82) is 0 Å². The van der Waals surface area contributed by atoms with E-state index < -0.39 is 5.60 Å². The van der Waals surface area contributed by atoms with E-state index in [0.717, 1.165) is 24.2 Å². The fourth-order valence-corrected chi connectivity index (χ4v) is 2.50. The zero-order valence-electron chi connectivity index (χ0n) is 9.99. The standard InChI is InChI=1S/C13H18O3/c1-9-7-13(14,8-9)11-5-4-10(15-2)6-12(11)16-3/h4-6,9,14H,7-8H2,1-3H3. The molecule has 16 heavy (non-hydrogen) atoms. The monoisotopic (exact) mass is 222 g/mol. The van der Waals surface area contributed by atoms with E-state index in [1.165, 1.54) is 0 Å². The lowest BCUT2D eigenvalue weighted by Gasteiger charge is -2.43. The molecular weight excluding hydrogens is 204 g/mol. The Labute approximate surface area is 96.0 Å². The number of hydrogen-bond acceptors (Lipinski definition) is 3. The average Bonchev–Trinajstić information content (AvgIpc) is 2.26. The van der Waals surface area contributed by atoms with E-state index in [0.29, 0.717) is 11.7 Å². The molecule has 0 amide bonds. The quantitative estimate of drug-likeness (QED) is 0.853. The molecule has 88 valence electrons. The van der Waals surface area contributed by atoms with Crippen LogP contribution >= 0.6 is 0 Å². The first kappa shape index (κ1) is 11.3. The van der Waals surface area contributed by atoms with Crippen LogP contribution in [0.1, 0.15) is 25.3 Å². The van der Waals surface area contributed by atoms with E-state index in [9.17, 15) is 5.11 Å². The van der Waals surface area contributed by atoms with Gasteiger partial charge < -0.3 is 14.6 Å². The number of aliphatic hydroxyl groups is 1. The molecule has 0 bridgehead atoms. The van der Waals surface area contributed by atoms with Crippen molar-refractivity contribution in [2.24, 2.45) is 5.92 Å². The second kappa shape index (κ2) is 3.98. The Morgan fingerprint density at radius 3 is 2.44 bits per heavy atom. The average molecular weight is 222 g/mol. The van der Waals surface area contributed by atoms with Crippen molar-refractivity contribution in [2.75, 3.05) is 14.2 Å². The van der Waals surface area contributed by atoms with E-state index in [1.807, 2.05) is 18.2 Å². The van der Waals surface area contributed by atoms with Crippen LogP contribution in [0.3, 0.4) is 0 Å². The van der Waals surface area contributed by atoms with Crippen LogP contribution in [0.5, 0.6) is 11.5 Å². The lowest BCUT2D eigenvalue weighted by Crippen LogP contribution is -2.40. The summed E-state index contributed by atoms with van der Waals surface area (Å²) in [5.74, 6) is 2.03. The van der Waals surface area contributed by atoms with Gasteiger partial charge in [-0.2, -0.15) is 0 Å². The van der Waals surface area contributed by atoms with Crippen molar-refractivity contribution in [2.45, 2.75) is 25.4 Å². The second-order valence-electron chi connectivity index (χ2n) is 4.61. The Hall–Kier alpha value is -1.22. The van der Waals surface area contributed by atoms with Gasteiger partial charge in [0.25, 0.3) is 0 Å². The molecule has 3 nitrogen and oxygen atoms in total. The lowest BCUT2D eigenvalue weighted by atomic mass is 9.68. The lowest BCUT2D eigenvalue weighted by molar-refractivity contribution is -0.0752. The summed E-state index contributed by atoms with van der Waals surface area (Å²) in [6, 6.07) is 5.57. The maximum Gasteiger partial charge on any atom is 0.128 e. The first-order valence-corrected chi connectivity index (χ1v) is 5.54. The van der Waals surface area contributed by atoms with Crippen molar-refractivity contribution in [3.05, 3.63) is 23.8 Å². The van der Waals surface area contributed by atoms with Crippen LogP contribution in [0.2, 0.25) is 0 Å². The highest BCUT2D eigenvalue weighted by molar-refractivity contribution is 5.44. The maximum atomic E-state index is 10.4. The Morgan fingerprint density at radius 2 is 1.94 bits per heavy atom. The molecule has 2 rings (SSSR count). The number of rotatable bonds is 3. The largest absolute Gasteiger partial charge is 0.497 e. The highest BCUT2D eigenvalue weighted by Crippen LogP contribution is 2.48. The molecule has 1 saturated carbocycles. The Kier molecular flexibility index (Phi) is 2.80. The zero-order valence-corrected chi connectivity index (χ0v) is 9.99. The summed E-state index contributed by atoms with van der Waals surface area (Å²) in [6.45, 7) is 2.14. The van der Waals surface area contributed by atoms with Crippen molar-refractivity contribution in [3.63, 3.8) is 0 Å². The summed E-state index contributed by atoms with van der Waals surface area (Å²) in [5, 5.41) is 10.4. The molecule has 0 saturated heterocycles. The third-order valence-electron chi connectivity index (χ3n) is 3.28. The summed E-state index contributed by atoms with van der Waals surface area (Å²) in [7, 11) is 3.23. The molecule has 3 heteroatoms. The highest BCUT2D eigenvalue weighted by Gasteiger charge is 2.43. The zero-order chi connectivity index (χ0) is 11.8. The molecule has 1 aromatic rings. The Balaban J connectivity index is 2.34. The first-order chi connectivity index (χ1) is 7.59. The van der Waals surface area contributed by atoms with Crippen LogP contribution in [0.25, 0.3) is 0 Å². The van der Waals surface area contributed by atoms with Crippen LogP contribution in [-0.2, 0) is 5.60 Å². The number of ether oxygens (including phenoxy) is 2. The molecule has 0 atom stereocenters. The normalized spacial score (nSPS) is 28.4. The van der Waals surface area contributed by atoms with Gasteiger partial charge in [0.1, 0.15) is 11.5 Å². The van der Waals surface area contributed by atoms with Gasteiger partial charge in [0.2, 0.25) is 0 Å².